The van der Waals surface area contributed by atoms with Crippen LogP contribution in [-0.2, 0) is 27.4 Å². The molecule has 0 atom stereocenters. The molecule has 0 aromatic carbocycles. The number of nitrogens with one attached hydrogen (secondary N) is 1. The molecule has 0 aliphatic rings. The summed E-state index contributed by atoms with van der Waals surface area (Å²) in [7, 11) is 0. The number of nitrogens with zero attached hydrogens (tertiary/aromatic N) is 3. The van der Waals surface area contributed by atoms with Crippen LogP contribution in [0.4, 0.5) is 5.13 Å². The number of nitriles is 1. The largest absolute Gasteiger partial charge is 0.459 e. The Hall–Kier alpha value is -2.99. The highest BCUT2D eigenvalue weighted by atomic mass is 32.1. The summed E-state index contributed by atoms with van der Waals surface area (Å²) in [6.07, 6.45) is 0.475. The van der Waals surface area contributed by atoms with Crippen molar-refractivity contribution in [3.8, 4) is 6.07 Å². The van der Waals surface area contributed by atoms with Gasteiger partial charge in [-0.2, -0.15) is 5.26 Å². The highest BCUT2D eigenvalue weighted by Gasteiger charge is 2.16. The Morgan fingerprint density at radius 3 is 2.71 bits per heavy atom. The number of carbonyl (C=O) groups excluding carboxylic acids is 2. The lowest BCUT2D eigenvalue weighted by Gasteiger charge is -2.14. The van der Waals surface area contributed by atoms with Crippen LogP contribution >= 0.6 is 11.3 Å². The number of carbonyl (C=O) groups is 2. The first kappa shape index (κ1) is 21.3. The smallest absolute Gasteiger partial charge is 0.306 e. The number of aryl methyl sites for hydroxylation is 1. The van der Waals surface area contributed by atoms with Gasteiger partial charge in [0.05, 0.1) is 5.69 Å². The predicted molar refractivity (Wildman–Crippen MR) is 105 cm³/mol. The molecule has 8 nitrogen and oxygen atoms in total. The van der Waals surface area contributed by atoms with Crippen molar-refractivity contribution in [2.75, 3.05) is 11.4 Å². The van der Waals surface area contributed by atoms with E-state index in [4.69, 9.17) is 10.00 Å². The Balaban J connectivity index is 1.96. The van der Waals surface area contributed by atoms with E-state index in [9.17, 15) is 14.4 Å². The minimum atomic E-state index is -0.421. The summed E-state index contributed by atoms with van der Waals surface area (Å²) in [5.74, 6) is -0.499. The van der Waals surface area contributed by atoms with Crippen LogP contribution in [0, 0.1) is 25.2 Å². The molecule has 28 heavy (non-hydrogen) atoms. The van der Waals surface area contributed by atoms with E-state index in [2.05, 4.69) is 9.97 Å². The summed E-state index contributed by atoms with van der Waals surface area (Å²) in [4.78, 5) is 43.9. The van der Waals surface area contributed by atoms with Gasteiger partial charge in [-0.1, -0.05) is 0 Å². The van der Waals surface area contributed by atoms with Crippen LogP contribution < -0.4 is 10.5 Å². The Morgan fingerprint density at radius 2 is 2.11 bits per heavy atom. The van der Waals surface area contributed by atoms with Gasteiger partial charge in [0.2, 0.25) is 5.91 Å². The number of hydrogen-bond donors (Lipinski definition) is 1. The van der Waals surface area contributed by atoms with Gasteiger partial charge in [-0.3, -0.25) is 19.3 Å². The summed E-state index contributed by atoms with van der Waals surface area (Å²) in [6.45, 7) is 7.32. The average Bonchev–Trinajstić information content (AvgIpc) is 3.08. The molecule has 1 N–H and O–H groups in total. The van der Waals surface area contributed by atoms with Gasteiger partial charge in [0.25, 0.3) is 5.56 Å². The second-order valence-electron chi connectivity index (χ2n) is 6.21. The van der Waals surface area contributed by atoms with Crippen LogP contribution in [0.15, 0.2) is 10.2 Å². The summed E-state index contributed by atoms with van der Waals surface area (Å²) in [6, 6.07) is 1.89. The maximum atomic E-state index is 12.1. The van der Waals surface area contributed by atoms with Crippen LogP contribution in [0.3, 0.4) is 0 Å². The minimum Gasteiger partial charge on any atom is -0.459 e. The van der Waals surface area contributed by atoms with E-state index in [1.165, 1.54) is 18.3 Å². The van der Waals surface area contributed by atoms with E-state index in [-0.39, 0.29) is 24.5 Å². The van der Waals surface area contributed by atoms with Crippen LogP contribution in [0.2, 0.25) is 0 Å². The summed E-state index contributed by atoms with van der Waals surface area (Å²) >= 11 is 1.32. The number of aromatic nitrogens is 2. The maximum Gasteiger partial charge on any atom is 0.306 e. The highest BCUT2D eigenvalue weighted by Crippen LogP contribution is 2.21. The molecule has 2 rings (SSSR count). The number of amides is 1. The third kappa shape index (κ3) is 4.84. The molecule has 148 valence electrons. The molecular formula is C19H22N4O4S. The fourth-order valence-corrected chi connectivity index (χ4v) is 3.77. The number of ether oxygens (including phenoxy) is 1. The standard InChI is InChI=1S/C19H22N4O4S/c1-5-23(13(4)24)19-22-14(10-28-19)9-27-17(25)7-6-15-11(2)16(8-20)18(26)21-12(15)3/h10H,5-7,9H2,1-4H3,(H,21,26). The lowest BCUT2D eigenvalue weighted by molar-refractivity contribution is -0.145. The van der Waals surface area contributed by atoms with Crippen LogP contribution in [0.1, 0.15) is 48.3 Å². The van der Waals surface area contributed by atoms with Crippen molar-refractivity contribution in [1.82, 2.24) is 9.97 Å². The van der Waals surface area contributed by atoms with E-state index in [1.807, 2.05) is 13.0 Å². The number of pyridine rings is 1. The molecule has 9 heteroatoms. The van der Waals surface area contributed by atoms with Gasteiger partial charge in [-0.15, -0.1) is 11.3 Å². The van der Waals surface area contributed by atoms with Crippen molar-refractivity contribution in [2.24, 2.45) is 0 Å². The fourth-order valence-electron chi connectivity index (χ4n) is 2.85. The zero-order valence-electron chi connectivity index (χ0n) is 16.3. The molecule has 2 aromatic rings. The third-order valence-corrected chi connectivity index (χ3v) is 5.26. The Kier molecular flexibility index (Phi) is 7.06. The molecule has 0 unspecified atom stereocenters. The zero-order valence-corrected chi connectivity index (χ0v) is 17.1. The van der Waals surface area contributed by atoms with Gasteiger partial charge < -0.3 is 9.72 Å². The Bertz CT molecular complexity index is 987. The minimum absolute atomic E-state index is 0.0256. The van der Waals surface area contributed by atoms with Gasteiger partial charge in [-0.05, 0) is 38.3 Å². The molecule has 0 aliphatic heterocycles. The van der Waals surface area contributed by atoms with Crippen molar-refractivity contribution in [1.29, 1.82) is 5.26 Å². The second-order valence-corrected chi connectivity index (χ2v) is 7.05. The normalized spacial score (nSPS) is 10.4. The summed E-state index contributed by atoms with van der Waals surface area (Å²) in [5.41, 5.74) is 2.22. The van der Waals surface area contributed by atoms with Crippen LogP contribution in [0.5, 0.6) is 0 Å². The molecule has 0 saturated heterocycles. The number of H-pyrrole nitrogens is 1. The zero-order chi connectivity index (χ0) is 20.8. The number of esters is 1. The Morgan fingerprint density at radius 1 is 1.39 bits per heavy atom. The number of rotatable bonds is 7. The van der Waals surface area contributed by atoms with Crippen molar-refractivity contribution in [2.45, 2.75) is 47.1 Å². The SMILES string of the molecule is CCN(C(C)=O)c1nc(COC(=O)CCc2c(C)[nH]c(=O)c(C#N)c2C)cs1. The predicted octanol–water partition coefficient (Wildman–Crippen LogP) is 2.37. The van der Waals surface area contributed by atoms with Crippen molar-refractivity contribution < 1.29 is 14.3 Å². The van der Waals surface area contributed by atoms with Gasteiger partial charge in [0, 0.05) is 31.0 Å². The lowest BCUT2D eigenvalue weighted by Crippen LogP contribution is -2.27. The van der Waals surface area contributed by atoms with Crippen LogP contribution in [-0.4, -0.2) is 28.4 Å². The molecular weight excluding hydrogens is 380 g/mol. The topological polar surface area (TPSA) is 116 Å². The van der Waals surface area contributed by atoms with Gasteiger partial charge in [0.15, 0.2) is 5.13 Å². The summed E-state index contributed by atoms with van der Waals surface area (Å²) < 4.78 is 5.26. The van der Waals surface area contributed by atoms with Crippen molar-refractivity contribution in [3.63, 3.8) is 0 Å². The lowest BCUT2D eigenvalue weighted by atomic mass is 9.99. The van der Waals surface area contributed by atoms with Crippen molar-refractivity contribution >= 4 is 28.3 Å². The molecule has 2 heterocycles. The van der Waals surface area contributed by atoms with E-state index in [0.717, 1.165) is 5.56 Å². The average molecular weight is 402 g/mol. The van der Waals surface area contributed by atoms with Crippen LogP contribution in [0.25, 0.3) is 0 Å². The molecule has 0 spiro atoms. The third-order valence-electron chi connectivity index (χ3n) is 4.35. The van der Waals surface area contributed by atoms with Crippen molar-refractivity contribution in [3.05, 3.63) is 43.8 Å². The first-order valence-electron chi connectivity index (χ1n) is 8.79. The summed E-state index contributed by atoms with van der Waals surface area (Å²) in [5, 5.41) is 11.4. The van der Waals surface area contributed by atoms with E-state index in [1.54, 1.807) is 24.1 Å². The number of anilines is 1. The second kappa shape index (κ2) is 9.28. The molecule has 0 bridgehead atoms. The molecule has 0 saturated carbocycles. The molecule has 0 aliphatic carbocycles. The molecule has 2 aromatic heterocycles. The number of aromatic amines is 1. The first-order valence-corrected chi connectivity index (χ1v) is 9.67. The number of thiazole rings is 1. The van der Waals surface area contributed by atoms with Gasteiger partial charge in [-0.25, -0.2) is 4.98 Å². The van der Waals surface area contributed by atoms with E-state index < -0.39 is 11.5 Å². The van der Waals surface area contributed by atoms with Gasteiger partial charge in [0.1, 0.15) is 18.2 Å². The Labute approximate surface area is 166 Å². The van der Waals surface area contributed by atoms with Gasteiger partial charge >= 0.3 is 5.97 Å². The molecule has 0 fully saturated rings. The van der Waals surface area contributed by atoms with E-state index >= 15 is 0 Å². The highest BCUT2D eigenvalue weighted by molar-refractivity contribution is 7.14. The molecule has 0 radical (unpaired) electrons. The monoisotopic (exact) mass is 402 g/mol. The molecule has 1 amide bonds. The van der Waals surface area contributed by atoms with E-state index in [0.29, 0.717) is 35.0 Å². The first-order chi connectivity index (χ1) is 13.3. The number of hydrogen-bond acceptors (Lipinski definition) is 7. The fraction of sp³-hybridized carbons (Fsp3) is 0.421. The quantitative estimate of drug-likeness (QED) is 0.711. The maximum absolute atomic E-state index is 12.1.